The van der Waals surface area contributed by atoms with Crippen LogP contribution in [0, 0.1) is 19.7 Å². The first-order valence-corrected chi connectivity index (χ1v) is 9.18. The van der Waals surface area contributed by atoms with Crippen LogP contribution in [0.25, 0.3) is 10.9 Å². The summed E-state index contributed by atoms with van der Waals surface area (Å²) < 4.78 is 15.3. The van der Waals surface area contributed by atoms with Crippen LogP contribution >= 0.6 is 0 Å². The Labute approximate surface area is 158 Å². The van der Waals surface area contributed by atoms with Gasteiger partial charge in [-0.15, -0.1) is 0 Å². The summed E-state index contributed by atoms with van der Waals surface area (Å²) in [5.41, 5.74) is 4.81. The number of hydrogen-bond donors (Lipinski definition) is 2. The molecule has 0 aliphatic heterocycles. The second kappa shape index (κ2) is 7.82. The smallest absolute Gasteiger partial charge is 0.317 e. The number of hydrogen-bond acceptors (Lipinski definition) is 2. The van der Waals surface area contributed by atoms with Crippen molar-refractivity contribution in [3.63, 3.8) is 0 Å². The number of urea groups is 1. The van der Waals surface area contributed by atoms with Crippen molar-refractivity contribution < 1.29 is 9.18 Å². The van der Waals surface area contributed by atoms with Crippen LogP contribution < -0.4 is 5.32 Å². The third-order valence-electron chi connectivity index (χ3n) is 4.78. The minimum Gasteiger partial charge on any atom is -0.357 e. The van der Waals surface area contributed by atoms with Gasteiger partial charge in [-0.25, -0.2) is 9.18 Å². The first-order chi connectivity index (χ1) is 12.9. The van der Waals surface area contributed by atoms with Gasteiger partial charge in [0.15, 0.2) is 0 Å². The van der Waals surface area contributed by atoms with E-state index >= 15 is 0 Å². The molecule has 2 aromatic heterocycles. The number of aromatic amines is 1. The van der Waals surface area contributed by atoms with Crippen LogP contribution in [0.2, 0.25) is 0 Å². The summed E-state index contributed by atoms with van der Waals surface area (Å²) in [4.78, 5) is 17.3. The fourth-order valence-corrected chi connectivity index (χ4v) is 3.29. The van der Waals surface area contributed by atoms with Crippen molar-refractivity contribution >= 4 is 16.9 Å². The van der Waals surface area contributed by atoms with Crippen LogP contribution in [-0.2, 0) is 19.6 Å². The molecule has 2 N–H and O–H groups in total. The molecule has 0 radical (unpaired) electrons. The molecule has 2 heterocycles. The number of carbonyl (C=O) groups is 1. The number of aryl methyl sites for hydroxylation is 2. The summed E-state index contributed by atoms with van der Waals surface area (Å²) >= 11 is 0. The molecule has 144 valence electrons. The van der Waals surface area contributed by atoms with Gasteiger partial charge in [0.1, 0.15) is 5.82 Å². The van der Waals surface area contributed by atoms with Crippen molar-refractivity contribution in [3.8, 4) is 0 Å². The molecule has 7 heteroatoms. The topological polar surface area (TPSA) is 66.0 Å². The van der Waals surface area contributed by atoms with Crippen LogP contribution in [0.15, 0.2) is 24.3 Å². The maximum atomic E-state index is 13.3. The zero-order valence-electron chi connectivity index (χ0n) is 16.3. The fourth-order valence-electron chi connectivity index (χ4n) is 3.29. The van der Waals surface area contributed by atoms with Crippen molar-refractivity contribution in [1.82, 2.24) is 25.0 Å². The molecule has 2 amide bonds. The van der Waals surface area contributed by atoms with Crippen LogP contribution in [0.1, 0.15) is 36.0 Å². The van der Waals surface area contributed by atoms with Crippen LogP contribution in [0.3, 0.4) is 0 Å². The van der Waals surface area contributed by atoms with Crippen molar-refractivity contribution in [3.05, 3.63) is 52.7 Å². The lowest BCUT2D eigenvalue weighted by Crippen LogP contribution is -2.36. The van der Waals surface area contributed by atoms with Crippen LogP contribution in [0.5, 0.6) is 0 Å². The third kappa shape index (κ3) is 4.13. The summed E-state index contributed by atoms with van der Waals surface area (Å²) in [5, 5.41) is 8.30. The predicted molar refractivity (Wildman–Crippen MR) is 104 cm³/mol. The Kier molecular flexibility index (Phi) is 5.48. The minimum absolute atomic E-state index is 0.165. The van der Waals surface area contributed by atoms with E-state index in [1.54, 1.807) is 18.0 Å². The molecule has 0 bridgehead atoms. The van der Waals surface area contributed by atoms with E-state index in [2.05, 4.69) is 22.3 Å². The zero-order valence-corrected chi connectivity index (χ0v) is 16.3. The Hall–Kier alpha value is -2.83. The average Bonchev–Trinajstić information content (AvgIpc) is 3.13. The molecular formula is C20H26FN5O. The number of H-pyrrole nitrogens is 1. The highest BCUT2D eigenvalue weighted by Gasteiger charge is 2.15. The fraction of sp³-hybridized carbons (Fsp3) is 0.400. The first-order valence-electron chi connectivity index (χ1n) is 9.18. The molecule has 3 rings (SSSR count). The summed E-state index contributed by atoms with van der Waals surface area (Å²) in [6, 6.07) is 6.30. The van der Waals surface area contributed by atoms with E-state index in [0.29, 0.717) is 13.1 Å². The van der Waals surface area contributed by atoms with E-state index in [1.807, 2.05) is 24.6 Å². The van der Waals surface area contributed by atoms with E-state index in [-0.39, 0.29) is 11.8 Å². The van der Waals surface area contributed by atoms with E-state index in [0.717, 1.165) is 46.5 Å². The number of halogens is 1. The minimum atomic E-state index is -0.270. The van der Waals surface area contributed by atoms with Gasteiger partial charge in [0.25, 0.3) is 0 Å². The maximum absolute atomic E-state index is 13.3. The molecule has 0 aliphatic carbocycles. The van der Waals surface area contributed by atoms with Gasteiger partial charge in [-0.1, -0.05) is 6.92 Å². The normalized spacial score (nSPS) is 11.1. The van der Waals surface area contributed by atoms with E-state index < -0.39 is 0 Å². The summed E-state index contributed by atoms with van der Waals surface area (Å²) in [7, 11) is 1.74. The predicted octanol–water partition coefficient (Wildman–Crippen LogP) is 3.87. The van der Waals surface area contributed by atoms with E-state index in [4.69, 9.17) is 0 Å². The Balaban J connectivity index is 1.62. The molecule has 0 unspecified atom stereocenters. The number of rotatable bonds is 6. The summed E-state index contributed by atoms with van der Waals surface area (Å²) in [6.07, 6.45) is 1.02. The van der Waals surface area contributed by atoms with Gasteiger partial charge in [-0.2, -0.15) is 5.10 Å². The molecule has 0 aliphatic rings. The monoisotopic (exact) mass is 371 g/mol. The summed E-state index contributed by atoms with van der Waals surface area (Å²) in [5.74, 6) is -0.270. The van der Waals surface area contributed by atoms with Crippen LogP contribution in [0.4, 0.5) is 9.18 Å². The molecule has 0 atom stereocenters. The molecule has 0 saturated heterocycles. The highest BCUT2D eigenvalue weighted by Crippen LogP contribution is 2.18. The molecule has 27 heavy (non-hydrogen) atoms. The number of benzene rings is 1. The average molecular weight is 371 g/mol. The van der Waals surface area contributed by atoms with E-state index in [9.17, 15) is 9.18 Å². The number of amides is 2. The molecule has 0 spiro atoms. The molecule has 0 saturated carbocycles. The van der Waals surface area contributed by atoms with Crippen molar-refractivity contribution in [2.24, 2.45) is 0 Å². The highest BCUT2D eigenvalue weighted by molar-refractivity contribution is 5.80. The molecule has 6 nitrogen and oxygen atoms in total. The number of aromatic nitrogens is 3. The van der Waals surface area contributed by atoms with Crippen molar-refractivity contribution in [2.75, 3.05) is 7.05 Å². The second-order valence-corrected chi connectivity index (χ2v) is 6.91. The van der Waals surface area contributed by atoms with E-state index in [1.165, 1.54) is 12.1 Å². The second-order valence-electron chi connectivity index (χ2n) is 6.91. The van der Waals surface area contributed by atoms with Crippen molar-refractivity contribution in [2.45, 2.75) is 46.8 Å². The maximum Gasteiger partial charge on any atom is 0.317 e. The van der Waals surface area contributed by atoms with Gasteiger partial charge in [0, 0.05) is 48.0 Å². The van der Waals surface area contributed by atoms with Gasteiger partial charge >= 0.3 is 6.03 Å². The van der Waals surface area contributed by atoms with Gasteiger partial charge in [-0.3, -0.25) is 4.68 Å². The van der Waals surface area contributed by atoms with Crippen LogP contribution in [-0.4, -0.2) is 32.7 Å². The molecular weight excluding hydrogens is 345 g/mol. The number of fused-ring (bicyclic) bond motifs is 1. The lowest BCUT2D eigenvalue weighted by Gasteiger charge is -2.17. The lowest BCUT2D eigenvalue weighted by atomic mass is 10.2. The first kappa shape index (κ1) is 18.9. The quantitative estimate of drug-likeness (QED) is 0.691. The van der Waals surface area contributed by atoms with Gasteiger partial charge in [0.2, 0.25) is 0 Å². The summed E-state index contributed by atoms with van der Waals surface area (Å²) in [6.45, 7) is 7.85. The van der Waals surface area contributed by atoms with Gasteiger partial charge in [-0.05, 0) is 44.5 Å². The zero-order chi connectivity index (χ0) is 19.6. The third-order valence-corrected chi connectivity index (χ3v) is 4.78. The number of carbonyl (C=O) groups excluding carboxylic acids is 1. The SMILES string of the molecule is CCCn1nc(C)c(CNC(=O)N(C)Cc2cc3cc(F)ccc3[nH]2)c1C. The molecule has 3 aromatic rings. The van der Waals surface area contributed by atoms with Crippen molar-refractivity contribution in [1.29, 1.82) is 0 Å². The Morgan fingerprint density at radius 2 is 2.11 bits per heavy atom. The highest BCUT2D eigenvalue weighted by atomic mass is 19.1. The van der Waals surface area contributed by atoms with Gasteiger partial charge in [0.05, 0.1) is 12.2 Å². The Morgan fingerprint density at radius 1 is 1.33 bits per heavy atom. The lowest BCUT2D eigenvalue weighted by molar-refractivity contribution is 0.206. The molecule has 0 fully saturated rings. The Bertz CT molecular complexity index is 959. The Morgan fingerprint density at radius 3 is 2.85 bits per heavy atom. The number of nitrogens with zero attached hydrogens (tertiary/aromatic N) is 3. The largest absolute Gasteiger partial charge is 0.357 e. The van der Waals surface area contributed by atoms with Gasteiger partial charge < -0.3 is 15.2 Å². The number of nitrogens with one attached hydrogen (secondary N) is 2. The molecule has 1 aromatic carbocycles. The standard InChI is InChI=1S/C20H26FN5O/c1-5-8-26-14(3)18(13(2)24-26)11-22-20(27)25(4)12-17-10-15-9-16(21)6-7-19(15)23-17/h6-7,9-10,23H,5,8,11-12H2,1-4H3,(H,22,27).